The number of esters is 2. The molecule has 0 saturated carbocycles. The Balaban J connectivity index is 0. The molecule has 0 fully saturated rings. The summed E-state index contributed by atoms with van der Waals surface area (Å²) in [6.45, 7) is 4.70. The van der Waals surface area contributed by atoms with Crippen molar-refractivity contribution in [1.82, 2.24) is 0 Å². The molecule has 7 nitrogen and oxygen atoms in total. The van der Waals surface area contributed by atoms with E-state index >= 15 is 0 Å². The molecule has 0 aromatic rings. The maximum absolute atomic E-state index is 12.4. The highest BCUT2D eigenvalue weighted by Gasteiger charge is 2.44. The number of hydrogen-bond donors (Lipinski definition) is 1. The molecule has 0 radical (unpaired) electrons. The van der Waals surface area contributed by atoms with Crippen LogP contribution in [0.1, 0.15) is 20.8 Å². The molecule has 1 amide bonds. The Morgan fingerprint density at radius 3 is 1.95 bits per heavy atom. The number of ether oxygens (including phenoxy) is 2. The van der Waals surface area contributed by atoms with E-state index in [1.165, 1.54) is 7.11 Å². The number of carbonyl (C=O) groups is 3. The van der Waals surface area contributed by atoms with Gasteiger partial charge in [0.25, 0.3) is 6.23 Å². The minimum Gasteiger partial charge on any atom is -1.00 e. The zero-order valence-electron chi connectivity index (χ0n) is 13.8. The average Bonchev–Trinajstić information content (AvgIpc) is 2.39. The zero-order chi connectivity index (χ0) is 16.8. The third-order valence-electron chi connectivity index (χ3n) is 2.85. The van der Waals surface area contributed by atoms with Gasteiger partial charge in [-0.15, -0.1) is 0 Å². The van der Waals surface area contributed by atoms with Crippen LogP contribution < -0.4 is 24.0 Å². The number of quaternary nitrogens is 1. The zero-order valence-corrected chi connectivity index (χ0v) is 15.9. The van der Waals surface area contributed by atoms with Crippen LogP contribution in [0, 0.1) is 5.41 Å². The van der Waals surface area contributed by atoms with Crippen LogP contribution in [0.25, 0.3) is 0 Å². The fourth-order valence-corrected chi connectivity index (χ4v) is 1.75. The second-order valence-electron chi connectivity index (χ2n) is 6.03. The number of methoxy groups -OCH3 is 1. The molecular formula is C14H24INO6. The van der Waals surface area contributed by atoms with Crippen LogP contribution in [0.3, 0.4) is 0 Å². The number of aliphatic hydroxyl groups is 1. The molecule has 0 aromatic heterocycles. The molecule has 0 heterocycles. The molecule has 1 N–H and O–H groups in total. The summed E-state index contributed by atoms with van der Waals surface area (Å²) < 4.78 is 9.06. The number of hydrogen-bond acceptors (Lipinski definition) is 6. The van der Waals surface area contributed by atoms with Crippen molar-refractivity contribution in [2.45, 2.75) is 27.0 Å². The summed E-state index contributed by atoms with van der Waals surface area (Å²) in [6.07, 6.45) is 0.727. The summed E-state index contributed by atoms with van der Waals surface area (Å²) in [5.41, 5.74) is -0.662. The van der Waals surface area contributed by atoms with E-state index in [0.29, 0.717) is 0 Å². The molecule has 0 aromatic carbocycles. The van der Waals surface area contributed by atoms with Crippen molar-refractivity contribution in [3.05, 3.63) is 12.2 Å². The minimum atomic E-state index is -1.06. The third kappa shape index (κ3) is 6.84. The molecule has 0 saturated heterocycles. The molecular weight excluding hydrogens is 405 g/mol. The second-order valence-corrected chi connectivity index (χ2v) is 6.03. The van der Waals surface area contributed by atoms with Crippen molar-refractivity contribution in [3.63, 3.8) is 0 Å². The second kappa shape index (κ2) is 9.21. The molecule has 0 bridgehead atoms. The number of rotatable bonds is 5. The van der Waals surface area contributed by atoms with Crippen molar-refractivity contribution in [1.29, 1.82) is 0 Å². The SMILES string of the molecule is COC(=O)/C=C/C(=O)OC(CO)[N+](C)(C)C(=O)C(C)(C)C.[I-]. The first-order valence-electron chi connectivity index (χ1n) is 6.43. The monoisotopic (exact) mass is 429 g/mol. The van der Waals surface area contributed by atoms with Gasteiger partial charge < -0.3 is 38.6 Å². The van der Waals surface area contributed by atoms with Crippen LogP contribution in [0.5, 0.6) is 0 Å². The maximum atomic E-state index is 12.4. The fraction of sp³-hybridized carbons (Fsp3) is 0.643. The lowest BCUT2D eigenvalue weighted by Gasteiger charge is -2.37. The van der Waals surface area contributed by atoms with Gasteiger partial charge in [-0.3, -0.25) is 0 Å². The fourth-order valence-electron chi connectivity index (χ4n) is 1.75. The number of halogens is 1. The summed E-state index contributed by atoms with van der Waals surface area (Å²) in [7, 11) is 4.27. The Labute approximate surface area is 147 Å². The molecule has 22 heavy (non-hydrogen) atoms. The van der Waals surface area contributed by atoms with Crippen LogP contribution in [0.4, 0.5) is 0 Å². The largest absolute Gasteiger partial charge is 1.00 e. The van der Waals surface area contributed by atoms with Gasteiger partial charge in [0.1, 0.15) is 6.61 Å². The molecule has 0 aliphatic heterocycles. The van der Waals surface area contributed by atoms with Crippen molar-refractivity contribution >= 4 is 17.8 Å². The summed E-state index contributed by atoms with van der Waals surface area (Å²) in [6, 6.07) is 0. The van der Waals surface area contributed by atoms with Crippen LogP contribution >= 0.6 is 0 Å². The summed E-state index contributed by atoms with van der Waals surface area (Å²) >= 11 is 0. The van der Waals surface area contributed by atoms with E-state index in [4.69, 9.17) is 4.74 Å². The summed E-state index contributed by atoms with van der Waals surface area (Å²) in [5, 5.41) is 9.39. The van der Waals surface area contributed by atoms with Crippen molar-refractivity contribution < 1.29 is 57.4 Å². The number of carbonyl (C=O) groups excluding carboxylic acids is 3. The lowest BCUT2D eigenvalue weighted by atomic mass is 9.93. The van der Waals surface area contributed by atoms with Crippen molar-refractivity contribution in [3.8, 4) is 0 Å². The lowest BCUT2D eigenvalue weighted by molar-refractivity contribution is -0.866. The van der Waals surface area contributed by atoms with E-state index in [1.807, 2.05) is 0 Å². The molecule has 128 valence electrons. The van der Waals surface area contributed by atoms with Gasteiger partial charge in [0.05, 0.1) is 26.6 Å². The maximum Gasteiger partial charge on any atom is 0.335 e. The Hall–Kier alpha value is -1.00. The van der Waals surface area contributed by atoms with E-state index in [-0.39, 0.29) is 34.4 Å². The highest BCUT2D eigenvalue weighted by atomic mass is 127. The predicted molar refractivity (Wildman–Crippen MR) is 74.7 cm³/mol. The standard InChI is InChI=1S/C14H24NO6.HI/c1-14(2,3)13(19)15(4,5)10(9-16)21-12(18)8-7-11(17)20-6;/h7-8,10,16H,9H2,1-6H3;1H/q+1;/p-1/b8-7+;. The number of likely N-dealkylation sites (N-methyl/N-ethyl adjacent to an activating group) is 1. The van der Waals surface area contributed by atoms with Crippen LogP contribution in [0.15, 0.2) is 12.2 Å². The Kier molecular flexibility index (Phi) is 9.74. The van der Waals surface area contributed by atoms with E-state index < -0.39 is 30.2 Å². The van der Waals surface area contributed by atoms with E-state index in [0.717, 1.165) is 12.2 Å². The van der Waals surface area contributed by atoms with Gasteiger partial charge in [0.15, 0.2) is 0 Å². The van der Waals surface area contributed by atoms with Crippen molar-refractivity contribution in [2.75, 3.05) is 27.8 Å². The summed E-state index contributed by atoms with van der Waals surface area (Å²) in [4.78, 5) is 34.8. The summed E-state index contributed by atoms with van der Waals surface area (Å²) in [5.74, 6) is -1.74. The lowest BCUT2D eigenvalue weighted by Crippen LogP contribution is -3.00. The van der Waals surface area contributed by atoms with Gasteiger partial charge in [0, 0.05) is 12.2 Å². The molecule has 0 aliphatic rings. The van der Waals surface area contributed by atoms with Crippen molar-refractivity contribution in [2.24, 2.45) is 5.41 Å². The van der Waals surface area contributed by atoms with Gasteiger partial charge in [0.2, 0.25) is 0 Å². The normalized spacial score (nSPS) is 13.2. The first kappa shape index (κ1) is 23.3. The van der Waals surface area contributed by atoms with E-state index in [9.17, 15) is 19.5 Å². The smallest absolute Gasteiger partial charge is 0.335 e. The van der Waals surface area contributed by atoms with Gasteiger partial charge in [-0.25, -0.2) is 18.9 Å². The third-order valence-corrected chi connectivity index (χ3v) is 2.85. The van der Waals surface area contributed by atoms with Gasteiger partial charge >= 0.3 is 17.8 Å². The molecule has 8 heteroatoms. The van der Waals surface area contributed by atoms with E-state index in [1.54, 1.807) is 34.9 Å². The first-order chi connectivity index (χ1) is 9.46. The molecule has 0 spiro atoms. The highest BCUT2D eigenvalue weighted by molar-refractivity contribution is 5.91. The van der Waals surface area contributed by atoms with Gasteiger partial charge in [-0.1, -0.05) is 0 Å². The van der Waals surface area contributed by atoms with Crippen LogP contribution in [-0.2, 0) is 23.9 Å². The topological polar surface area (TPSA) is 89.9 Å². The average molecular weight is 429 g/mol. The number of nitrogens with zero attached hydrogens (tertiary/aromatic N) is 1. The predicted octanol–water partition coefficient (Wildman–Crippen LogP) is -2.77. The number of aliphatic hydroxyl groups excluding tert-OH is 1. The van der Waals surface area contributed by atoms with Crippen LogP contribution in [0.2, 0.25) is 0 Å². The Morgan fingerprint density at radius 2 is 1.59 bits per heavy atom. The quantitative estimate of drug-likeness (QED) is 0.167. The molecule has 1 unspecified atom stereocenters. The molecule has 0 rings (SSSR count). The van der Waals surface area contributed by atoms with Gasteiger partial charge in [-0.2, -0.15) is 0 Å². The van der Waals surface area contributed by atoms with Gasteiger partial charge in [-0.05, 0) is 20.8 Å². The minimum absolute atomic E-state index is 0. The van der Waals surface area contributed by atoms with E-state index in [2.05, 4.69) is 4.74 Å². The highest BCUT2D eigenvalue weighted by Crippen LogP contribution is 2.23. The Morgan fingerprint density at radius 1 is 1.14 bits per heavy atom. The Bertz CT molecular complexity index is 439. The van der Waals surface area contributed by atoms with Crippen LogP contribution in [-0.4, -0.2) is 61.5 Å². The molecule has 1 atom stereocenters. The first-order valence-corrected chi connectivity index (χ1v) is 6.43. The molecule has 0 aliphatic carbocycles. The number of amides is 1.